The van der Waals surface area contributed by atoms with Crippen LogP contribution in [0.1, 0.15) is 29.8 Å². The van der Waals surface area contributed by atoms with Crippen molar-refractivity contribution in [2.75, 3.05) is 0 Å². The first kappa shape index (κ1) is 12.2. The molecule has 1 heterocycles. The van der Waals surface area contributed by atoms with Gasteiger partial charge in [0, 0.05) is 0 Å². The average molecular weight is 248 g/mol. The molecule has 1 aromatic carbocycles. The summed E-state index contributed by atoms with van der Waals surface area (Å²) in [6.45, 7) is 2.15. The zero-order chi connectivity index (χ0) is 12.1. The lowest BCUT2D eigenvalue weighted by molar-refractivity contribution is 0.542. The summed E-state index contributed by atoms with van der Waals surface area (Å²) in [6.07, 6.45) is 3.65. The van der Waals surface area contributed by atoms with Gasteiger partial charge in [-0.15, -0.1) is 0 Å². The summed E-state index contributed by atoms with van der Waals surface area (Å²) in [6, 6.07) is 8.62. The lowest BCUT2D eigenvalue weighted by atomic mass is 10.0. The van der Waals surface area contributed by atoms with Gasteiger partial charge in [0.15, 0.2) is 0 Å². The highest BCUT2D eigenvalue weighted by atomic mass is 32.1. The summed E-state index contributed by atoms with van der Waals surface area (Å²) in [5.74, 6) is 5.55. The van der Waals surface area contributed by atoms with Crippen LogP contribution in [0.5, 0.6) is 0 Å². The molecule has 0 spiro atoms. The highest BCUT2D eigenvalue weighted by Gasteiger charge is 2.13. The molecule has 90 valence electrons. The summed E-state index contributed by atoms with van der Waals surface area (Å²) >= 11 is 1.20. The van der Waals surface area contributed by atoms with Gasteiger partial charge in [-0.25, -0.2) is 0 Å². The second-order valence-corrected chi connectivity index (χ2v) is 4.48. The van der Waals surface area contributed by atoms with E-state index in [2.05, 4.69) is 45.4 Å². The van der Waals surface area contributed by atoms with Crippen molar-refractivity contribution < 1.29 is 0 Å². The predicted octanol–water partition coefficient (Wildman–Crippen LogP) is 1.85. The Morgan fingerprint density at radius 3 is 2.53 bits per heavy atom. The molecule has 5 heteroatoms. The number of nitrogens with zero attached hydrogens (tertiary/aromatic N) is 2. The number of nitrogens with two attached hydrogens (primary N) is 1. The van der Waals surface area contributed by atoms with E-state index in [4.69, 9.17) is 5.84 Å². The SMILES string of the molecule is CCc1ccc(CC(NN)c2cnsn2)cc1. The van der Waals surface area contributed by atoms with Crippen molar-refractivity contribution in [2.24, 2.45) is 5.84 Å². The van der Waals surface area contributed by atoms with Crippen LogP contribution in [0.15, 0.2) is 30.5 Å². The maximum absolute atomic E-state index is 5.55. The van der Waals surface area contributed by atoms with Crippen LogP contribution in [0.2, 0.25) is 0 Å². The van der Waals surface area contributed by atoms with Gasteiger partial charge in [0.2, 0.25) is 0 Å². The van der Waals surface area contributed by atoms with E-state index in [0.717, 1.165) is 18.5 Å². The Balaban J connectivity index is 2.07. The predicted molar refractivity (Wildman–Crippen MR) is 69.5 cm³/mol. The molecule has 4 nitrogen and oxygen atoms in total. The Kier molecular flexibility index (Phi) is 4.19. The van der Waals surface area contributed by atoms with Gasteiger partial charge >= 0.3 is 0 Å². The molecule has 1 atom stereocenters. The number of benzene rings is 1. The van der Waals surface area contributed by atoms with Crippen LogP contribution in [0, 0.1) is 0 Å². The molecule has 0 amide bonds. The van der Waals surface area contributed by atoms with E-state index < -0.39 is 0 Å². The number of hydrogen-bond donors (Lipinski definition) is 2. The Labute approximate surface area is 105 Å². The summed E-state index contributed by atoms with van der Waals surface area (Å²) in [5, 5.41) is 0. The second-order valence-electron chi connectivity index (χ2n) is 3.93. The van der Waals surface area contributed by atoms with Gasteiger partial charge in [-0.1, -0.05) is 31.2 Å². The number of nitrogens with one attached hydrogen (secondary N) is 1. The molecule has 1 aromatic heterocycles. The lowest BCUT2D eigenvalue weighted by Crippen LogP contribution is -2.29. The highest BCUT2D eigenvalue weighted by molar-refractivity contribution is 6.99. The van der Waals surface area contributed by atoms with Crippen molar-refractivity contribution in [1.82, 2.24) is 14.2 Å². The molecule has 0 aliphatic carbocycles. The molecule has 3 N–H and O–H groups in total. The smallest absolute Gasteiger partial charge is 0.0929 e. The Morgan fingerprint density at radius 2 is 2.00 bits per heavy atom. The van der Waals surface area contributed by atoms with E-state index in [1.54, 1.807) is 6.20 Å². The summed E-state index contributed by atoms with van der Waals surface area (Å²) in [5.41, 5.74) is 6.28. The van der Waals surface area contributed by atoms with E-state index in [-0.39, 0.29) is 6.04 Å². The Hall–Kier alpha value is -1.30. The molecule has 0 aliphatic rings. The molecule has 0 fully saturated rings. The average Bonchev–Trinajstić information content (AvgIpc) is 2.90. The van der Waals surface area contributed by atoms with Gasteiger partial charge < -0.3 is 0 Å². The molecule has 1 unspecified atom stereocenters. The fraction of sp³-hybridized carbons (Fsp3) is 0.333. The topological polar surface area (TPSA) is 63.8 Å². The minimum atomic E-state index is 0.0289. The normalized spacial score (nSPS) is 12.6. The maximum atomic E-state index is 5.55. The number of hydrogen-bond acceptors (Lipinski definition) is 5. The minimum absolute atomic E-state index is 0.0289. The molecule has 0 saturated carbocycles. The first-order valence-corrected chi connectivity index (χ1v) is 6.38. The van der Waals surface area contributed by atoms with E-state index >= 15 is 0 Å². The molecular weight excluding hydrogens is 232 g/mol. The van der Waals surface area contributed by atoms with Crippen molar-refractivity contribution in [3.05, 3.63) is 47.3 Å². The number of aromatic nitrogens is 2. The minimum Gasteiger partial charge on any atom is -0.271 e. The van der Waals surface area contributed by atoms with Gasteiger partial charge in [0.25, 0.3) is 0 Å². The summed E-state index contributed by atoms with van der Waals surface area (Å²) in [7, 11) is 0. The molecule has 0 saturated heterocycles. The summed E-state index contributed by atoms with van der Waals surface area (Å²) in [4.78, 5) is 0. The van der Waals surface area contributed by atoms with Crippen molar-refractivity contribution >= 4 is 11.7 Å². The largest absolute Gasteiger partial charge is 0.271 e. The van der Waals surface area contributed by atoms with Gasteiger partial charge in [0.05, 0.1) is 29.7 Å². The number of aryl methyl sites for hydroxylation is 1. The third-order valence-corrected chi connectivity index (χ3v) is 3.30. The first-order chi connectivity index (χ1) is 8.33. The van der Waals surface area contributed by atoms with Crippen molar-refractivity contribution in [3.63, 3.8) is 0 Å². The first-order valence-electron chi connectivity index (χ1n) is 5.65. The van der Waals surface area contributed by atoms with E-state index in [1.807, 2.05) is 0 Å². The maximum Gasteiger partial charge on any atom is 0.0929 e. The van der Waals surface area contributed by atoms with Crippen LogP contribution in [-0.2, 0) is 12.8 Å². The monoisotopic (exact) mass is 248 g/mol. The van der Waals surface area contributed by atoms with Crippen LogP contribution in [0.3, 0.4) is 0 Å². The van der Waals surface area contributed by atoms with Gasteiger partial charge in [-0.2, -0.15) is 8.75 Å². The third-order valence-electron chi connectivity index (χ3n) is 2.81. The van der Waals surface area contributed by atoms with Gasteiger partial charge in [-0.3, -0.25) is 11.3 Å². The van der Waals surface area contributed by atoms with Gasteiger partial charge in [-0.05, 0) is 24.0 Å². The lowest BCUT2D eigenvalue weighted by Gasteiger charge is -2.13. The molecule has 0 bridgehead atoms. The van der Waals surface area contributed by atoms with Crippen molar-refractivity contribution in [1.29, 1.82) is 0 Å². The second kappa shape index (κ2) is 5.86. The summed E-state index contributed by atoms with van der Waals surface area (Å²) < 4.78 is 8.20. The van der Waals surface area contributed by atoms with E-state index in [0.29, 0.717) is 0 Å². The zero-order valence-electron chi connectivity index (χ0n) is 9.76. The fourth-order valence-electron chi connectivity index (χ4n) is 1.72. The molecule has 0 aliphatic heterocycles. The van der Waals surface area contributed by atoms with Crippen molar-refractivity contribution in [2.45, 2.75) is 25.8 Å². The molecule has 0 radical (unpaired) electrons. The molecule has 17 heavy (non-hydrogen) atoms. The Morgan fingerprint density at radius 1 is 1.29 bits per heavy atom. The van der Waals surface area contributed by atoms with Crippen LogP contribution in [-0.4, -0.2) is 8.75 Å². The number of hydrazine groups is 1. The quantitative estimate of drug-likeness (QED) is 0.626. The van der Waals surface area contributed by atoms with E-state index in [1.165, 1.54) is 22.9 Å². The Bertz CT molecular complexity index is 438. The third kappa shape index (κ3) is 3.09. The van der Waals surface area contributed by atoms with Crippen molar-refractivity contribution in [3.8, 4) is 0 Å². The van der Waals surface area contributed by atoms with Crippen LogP contribution >= 0.6 is 11.7 Å². The fourth-order valence-corrected chi connectivity index (χ4v) is 2.19. The standard InChI is InChI=1S/C12H16N4S/c1-2-9-3-5-10(6-4-9)7-11(15-13)12-8-14-17-16-12/h3-6,8,11,15H,2,7,13H2,1H3. The zero-order valence-corrected chi connectivity index (χ0v) is 10.6. The highest BCUT2D eigenvalue weighted by Crippen LogP contribution is 2.16. The van der Waals surface area contributed by atoms with Crippen LogP contribution in [0.4, 0.5) is 0 Å². The molecule has 2 aromatic rings. The molecular formula is C12H16N4S. The molecule has 2 rings (SSSR count). The van der Waals surface area contributed by atoms with E-state index in [9.17, 15) is 0 Å². The number of rotatable bonds is 5. The van der Waals surface area contributed by atoms with Gasteiger partial charge in [0.1, 0.15) is 0 Å². The van der Waals surface area contributed by atoms with Crippen LogP contribution < -0.4 is 11.3 Å². The van der Waals surface area contributed by atoms with Crippen LogP contribution in [0.25, 0.3) is 0 Å².